The molecule has 7 heteroatoms. The van der Waals surface area contributed by atoms with Crippen LogP contribution >= 0.6 is 24.0 Å². The molecular formula is C20H35IN4O2. The average Bonchev–Trinajstić information content (AvgIpc) is 2.68. The van der Waals surface area contributed by atoms with Crippen molar-refractivity contribution in [2.75, 3.05) is 60.5 Å². The average molecular weight is 490 g/mol. The Bertz CT molecular complexity index is 522. The molecule has 1 saturated heterocycles. The van der Waals surface area contributed by atoms with Gasteiger partial charge in [0.2, 0.25) is 0 Å². The number of nitrogens with one attached hydrogen (secondary N) is 1. The fourth-order valence-electron chi connectivity index (χ4n) is 3.12. The predicted octanol–water partition coefficient (Wildman–Crippen LogP) is 2.69. The highest BCUT2D eigenvalue weighted by atomic mass is 127. The van der Waals surface area contributed by atoms with E-state index in [0.29, 0.717) is 6.10 Å². The number of hydrogen-bond acceptors (Lipinski definition) is 4. The predicted molar refractivity (Wildman–Crippen MR) is 122 cm³/mol. The highest BCUT2D eigenvalue weighted by Gasteiger charge is 2.22. The van der Waals surface area contributed by atoms with E-state index in [1.54, 1.807) is 7.11 Å². The van der Waals surface area contributed by atoms with Gasteiger partial charge in [0.1, 0.15) is 11.9 Å². The number of para-hydroxylation sites is 1. The minimum Gasteiger partial charge on any atom is -0.490 e. The van der Waals surface area contributed by atoms with Gasteiger partial charge < -0.3 is 24.6 Å². The second kappa shape index (κ2) is 14.0. The molecule has 1 heterocycles. The molecule has 0 aromatic heterocycles. The van der Waals surface area contributed by atoms with Crippen molar-refractivity contribution in [2.45, 2.75) is 25.4 Å². The minimum atomic E-state index is 0. The summed E-state index contributed by atoms with van der Waals surface area (Å²) in [5, 5.41) is 3.49. The van der Waals surface area contributed by atoms with Crippen LogP contribution in [0.4, 0.5) is 0 Å². The second-order valence-electron chi connectivity index (χ2n) is 6.74. The fraction of sp³-hybridized carbons (Fsp3) is 0.650. The summed E-state index contributed by atoms with van der Waals surface area (Å²) in [6, 6.07) is 10.1. The van der Waals surface area contributed by atoms with Crippen molar-refractivity contribution >= 4 is 29.9 Å². The van der Waals surface area contributed by atoms with E-state index in [-0.39, 0.29) is 24.0 Å². The number of methoxy groups -OCH3 is 1. The molecule has 0 unspecified atom stereocenters. The first-order valence-electron chi connectivity index (χ1n) is 9.57. The van der Waals surface area contributed by atoms with Crippen LogP contribution in [0.5, 0.6) is 5.75 Å². The Hall–Kier alpha value is -1.06. The summed E-state index contributed by atoms with van der Waals surface area (Å²) in [4.78, 5) is 9.07. The van der Waals surface area contributed by atoms with Crippen LogP contribution < -0.4 is 10.1 Å². The van der Waals surface area contributed by atoms with E-state index in [4.69, 9.17) is 9.47 Å². The van der Waals surface area contributed by atoms with Crippen molar-refractivity contribution in [3.05, 3.63) is 30.3 Å². The molecule has 0 spiro atoms. The Kier molecular flexibility index (Phi) is 12.4. The number of ether oxygens (including phenoxy) is 2. The van der Waals surface area contributed by atoms with Gasteiger partial charge >= 0.3 is 0 Å². The van der Waals surface area contributed by atoms with Crippen LogP contribution in [-0.2, 0) is 4.74 Å². The molecule has 1 aliphatic rings. The number of guanidine groups is 1. The van der Waals surface area contributed by atoms with Crippen LogP contribution in [0, 0.1) is 0 Å². The first-order chi connectivity index (χ1) is 12.7. The summed E-state index contributed by atoms with van der Waals surface area (Å²) >= 11 is 0. The Balaban J connectivity index is 0.00000364. The van der Waals surface area contributed by atoms with Gasteiger partial charge in [-0.2, -0.15) is 0 Å². The molecule has 0 bridgehead atoms. The molecule has 1 fully saturated rings. The van der Waals surface area contributed by atoms with Gasteiger partial charge in [0.05, 0.1) is 6.61 Å². The number of likely N-dealkylation sites (N-methyl/N-ethyl adjacent to an activating group) is 1. The smallest absolute Gasteiger partial charge is 0.193 e. The number of likely N-dealkylation sites (tertiary alicyclic amines) is 1. The fourth-order valence-corrected chi connectivity index (χ4v) is 3.12. The lowest BCUT2D eigenvalue weighted by atomic mass is 10.1. The Labute approximate surface area is 181 Å². The lowest BCUT2D eigenvalue weighted by Crippen LogP contribution is -2.47. The van der Waals surface area contributed by atoms with E-state index >= 15 is 0 Å². The van der Waals surface area contributed by atoms with Crippen molar-refractivity contribution in [2.24, 2.45) is 4.99 Å². The van der Waals surface area contributed by atoms with Crippen LogP contribution in [0.15, 0.2) is 35.3 Å². The van der Waals surface area contributed by atoms with E-state index in [2.05, 4.69) is 27.2 Å². The van der Waals surface area contributed by atoms with E-state index in [9.17, 15) is 0 Å². The molecule has 2 rings (SSSR count). The molecule has 27 heavy (non-hydrogen) atoms. The number of hydrogen-bond donors (Lipinski definition) is 1. The first kappa shape index (κ1) is 24.0. The van der Waals surface area contributed by atoms with Crippen molar-refractivity contribution in [3.63, 3.8) is 0 Å². The maximum absolute atomic E-state index is 6.07. The maximum Gasteiger partial charge on any atom is 0.193 e. The van der Waals surface area contributed by atoms with Gasteiger partial charge in [-0.15, -0.1) is 24.0 Å². The van der Waals surface area contributed by atoms with Crippen LogP contribution in [0.3, 0.4) is 0 Å². The van der Waals surface area contributed by atoms with Gasteiger partial charge in [-0.1, -0.05) is 18.2 Å². The van der Waals surface area contributed by atoms with Gasteiger partial charge in [-0.3, -0.25) is 4.99 Å². The van der Waals surface area contributed by atoms with E-state index in [1.807, 2.05) is 37.4 Å². The van der Waals surface area contributed by atoms with Gasteiger partial charge in [0.25, 0.3) is 0 Å². The molecule has 1 N–H and O–H groups in total. The number of benzene rings is 1. The van der Waals surface area contributed by atoms with Crippen molar-refractivity contribution in [3.8, 4) is 5.75 Å². The molecule has 154 valence electrons. The number of nitrogens with zero attached hydrogens (tertiary/aromatic N) is 3. The molecule has 0 amide bonds. The second-order valence-corrected chi connectivity index (χ2v) is 6.74. The summed E-state index contributed by atoms with van der Waals surface area (Å²) in [5.41, 5.74) is 0. The zero-order chi connectivity index (χ0) is 18.6. The third-order valence-corrected chi connectivity index (χ3v) is 4.68. The molecule has 1 aromatic carbocycles. The highest BCUT2D eigenvalue weighted by molar-refractivity contribution is 14.0. The molecule has 1 aromatic rings. The number of rotatable bonds is 9. The third kappa shape index (κ3) is 9.12. The van der Waals surface area contributed by atoms with E-state index in [0.717, 1.165) is 70.3 Å². The van der Waals surface area contributed by atoms with Crippen molar-refractivity contribution in [1.82, 2.24) is 15.1 Å². The number of piperidine rings is 1. The van der Waals surface area contributed by atoms with Gasteiger partial charge in [-0.05, 0) is 32.1 Å². The van der Waals surface area contributed by atoms with Gasteiger partial charge in [0.15, 0.2) is 5.96 Å². The monoisotopic (exact) mass is 490 g/mol. The topological polar surface area (TPSA) is 49.3 Å². The molecule has 6 nitrogen and oxygen atoms in total. The summed E-state index contributed by atoms with van der Waals surface area (Å²) in [6.45, 7) is 5.70. The number of halogens is 1. The van der Waals surface area contributed by atoms with Gasteiger partial charge in [0, 0.05) is 53.2 Å². The molecule has 0 radical (unpaired) electrons. The van der Waals surface area contributed by atoms with E-state index in [1.165, 1.54) is 0 Å². The largest absolute Gasteiger partial charge is 0.490 e. The third-order valence-electron chi connectivity index (χ3n) is 4.68. The minimum absolute atomic E-state index is 0. The maximum atomic E-state index is 6.07. The summed E-state index contributed by atoms with van der Waals surface area (Å²) in [7, 11) is 5.73. The zero-order valence-corrected chi connectivity index (χ0v) is 19.2. The van der Waals surface area contributed by atoms with Crippen LogP contribution in [0.25, 0.3) is 0 Å². The van der Waals surface area contributed by atoms with Crippen LogP contribution in [0.2, 0.25) is 0 Å². The lowest BCUT2D eigenvalue weighted by Gasteiger charge is -2.34. The normalized spacial score (nSPS) is 15.6. The zero-order valence-electron chi connectivity index (χ0n) is 16.9. The first-order valence-corrected chi connectivity index (χ1v) is 9.57. The molecular weight excluding hydrogens is 455 g/mol. The standard InChI is InChI=1S/C20H34N4O2.HI/c1-21-20(22-12-7-13-23(2)16-17-25-3)24-14-10-19(11-15-24)26-18-8-5-4-6-9-18;/h4-6,8-9,19H,7,10-17H2,1-3H3,(H,21,22);1H. The molecule has 0 saturated carbocycles. The molecule has 0 aliphatic carbocycles. The van der Waals surface area contributed by atoms with Crippen molar-refractivity contribution < 1.29 is 9.47 Å². The Morgan fingerprint density at radius 1 is 1.22 bits per heavy atom. The van der Waals surface area contributed by atoms with E-state index < -0.39 is 0 Å². The Morgan fingerprint density at radius 2 is 1.93 bits per heavy atom. The van der Waals surface area contributed by atoms with Crippen LogP contribution in [0.1, 0.15) is 19.3 Å². The summed E-state index contributed by atoms with van der Waals surface area (Å²) in [6.07, 6.45) is 3.43. The number of aliphatic imine (C=N–C) groups is 1. The molecule has 0 atom stereocenters. The quantitative estimate of drug-likeness (QED) is 0.250. The summed E-state index contributed by atoms with van der Waals surface area (Å²) in [5.74, 6) is 1.97. The van der Waals surface area contributed by atoms with Gasteiger partial charge in [-0.25, -0.2) is 0 Å². The lowest BCUT2D eigenvalue weighted by molar-refractivity contribution is 0.129. The Morgan fingerprint density at radius 3 is 2.56 bits per heavy atom. The van der Waals surface area contributed by atoms with Crippen molar-refractivity contribution in [1.29, 1.82) is 0 Å². The highest BCUT2D eigenvalue weighted by Crippen LogP contribution is 2.18. The van der Waals surface area contributed by atoms with Crippen LogP contribution in [-0.4, -0.2) is 82.4 Å². The SMILES string of the molecule is CN=C(NCCCN(C)CCOC)N1CCC(Oc2ccccc2)CC1.I. The summed E-state index contributed by atoms with van der Waals surface area (Å²) < 4.78 is 11.2. The molecule has 1 aliphatic heterocycles.